The number of aromatic nitrogens is 2. The van der Waals surface area contributed by atoms with Crippen molar-refractivity contribution in [1.29, 1.82) is 0 Å². The van der Waals surface area contributed by atoms with Crippen LogP contribution < -0.4 is 16.6 Å². The number of nitrogens with zero attached hydrogens (tertiary/aromatic N) is 3. The molecule has 0 aromatic carbocycles. The first-order chi connectivity index (χ1) is 10.9. The number of nitrogens with one attached hydrogen (secondary N) is 1. The van der Waals surface area contributed by atoms with Crippen LogP contribution in [-0.2, 0) is 25.4 Å². The number of rotatable bonds is 2. The van der Waals surface area contributed by atoms with E-state index in [4.69, 9.17) is 0 Å². The lowest BCUT2D eigenvalue weighted by Gasteiger charge is -2.30. The maximum atomic E-state index is 12.7. The van der Waals surface area contributed by atoms with Gasteiger partial charge in [0.05, 0.1) is 6.54 Å². The van der Waals surface area contributed by atoms with Crippen molar-refractivity contribution in [1.82, 2.24) is 19.4 Å². The van der Waals surface area contributed by atoms with Crippen LogP contribution in [0.4, 0.5) is 4.79 Å². The van der Waals surface area contributed by atoms with Gasteiger partial charge in [-0.25, -0.2) is 9.59 Å². The van der Waals surface area contributed by atoms with Crippen LogP contribution >= 0.6 is 0 Å². The highest BCUT2D eigenvalue weighted by Gasteiger charge is 2.51. The number of imide groups is 1. The number of carbonyl (C=O) groups excluding carboxylic acids is 2. The lowest BCUT2D eigenvalue weighted by Crippen LogP contribution is -2.48. The highest BCUT2D eigenvalue weighted by atomic mass is 16.2. The van der Waals surface area contributed by atoms with Crippen LogP contribution in [0.5, 0.6) is 0 Å². The minimum absolute atomic E-state index is 0.0752. The quantitative estimate of drug-likeness (QED) is 0.766. The maximum absolute atomic E-state index is 12.7. The highest BCUT2D eigenvalue weighted by Crippen LogP contribution is 2.34. The molecule has 2 fully saturated rings. The Morgan fingerprint density at radius 3 is 2.35 bits per heavy atom. The second-order valence-corrected chi connectivity index (χ2v) is 6.34. The van der Waals surface area contributed by atoms with E-state index in [0.717, 1.165) is 28.7 Å². The lowest BCUT2D eigenvalue weighted by molar-refractivity contribution is -0.132. The van der Waals surface area contributed by atoms with Crippen LogP contribution in [0.15, 0.2) is 15.7 Å². The molecule has 8 nitrogen and oxygen atoms in total. The number of amides is 3. The molecule has 3 rings (SSSR count). The average molecular weight is 320 g/mol. The van der Waals surface area contributed by atoms with E-state index in [1.807, 2.05) is 0 Å². The van der Waals surface area contributed by atoms with Crippen molar-refractivity contribution in [3.05, 3.63) is 32.6 Å². The molecule has 1 aliphatic carbocycles. The lowest BCUT2D eigenvalue weighted by atomic mass is 9.82. The third-order valence-corrected chi connectivity index (χ3v) is 4.90. The number of carbonyl (C=O) groups is 2. The Hall–Kier alpha value is -2.38. The zero-order valence-electron chi connectivity index (χ0n) is 13.3. The van der Waals surface area contributed by atoms with Crippen molar-refractivity contribution in [2.45, 2.75) is 44.2 Å². The van der Waals surface area contributed by atoms with E-state index in [0.29, 0.717) is 18.5 Å². The Balaban J connectivity index is 1.92. The number of urea groups is 1. The van der Waals surface area contributed by atoms with Crippen molar-refractivity contribution in [2.75, 3.05) is 0 Å². The van der Waals surface area contributed by atoms with E-state index >= 15 is 0 Å². The summed E-state index contributed by atoms with van der Waals surface area (Å²) in [6.45, 7) is -0.0752. The second kappa shape index (κ2) is 5.36. The van der Waals surface area contributed by atoms with Crippen molar-refractivity contribution in [3.63, 3.8) is 0 Å². The first kappa shape index (κ1) is 15.5. The molecule has 1 saturated carbocycles. The number of hydrogen-bond donors (Lipinski definition) is 1. The van der Waals surface area contributed by atoms with Crippen LogP contribution in [0, 0.1) is 0 Å². The largest absolute Gasteiger partial charge is 0.330 e. The molecule has 0 bridgehead atoms. The molecule has 1 aromatic heterocycles. The molecule has 23 heavy (non-hydrogen) atoms. The standard InChI is InChI=1S/C15H20N4O4/c1-17-10(8-11(20)18(2)14(17)23)9-19-12(21)15(16-13(19)22)6-4-3-5-7-15/h8H,3-7,9H2,1-2H3,(H,16,22). The van der Waals surface area contributed by atoms with Gasteiger partial charge in [0.15, 0.2) is 0 Å². The molecule has 0 atom stereocenters. The van der Waals surface area contributed by atoms with E-state index in [1.165, 1.54) is 24.7 Å². The van der Waals surface area contributed by atoms with Gasteiger partial charge in [-0.1, -0.05) is 19.3 Å². The summed E-state index contributed by atoms with van der Waals surface area (Å²) in [4.78, 5) is 49.8. The van der Waals surface area contributed by atoms with Crippen molar-refractivity contribution >= 4 is 11.9 Å². The zero-order valence-corrected chi connectivity index (χ0v) is 13.3. The van der Waals surface area contributed by atoms with Crippen LogP contribution in [0.2, 0.25) is 0 Å². The molecule has 124 valence electrons. The van der Waals surface area contributed by atoms with E-state index < -0.39 is 22.8 Å². The Morgan fingerprint density at radius 2 is 1.70 bits per heavy atom. The summed E-state index contributed by atoms with van der Waals surface area (Å²) >= 11 is 0. The summed E-state index contributed by atoms with van der Waals surface area (Å²) in [6.07, 6.45) is 4.16. The van der Waals surface area contributed by atoms with Gasteiger partial charge < -0.3 is 5.32 Å². The maximum Gasteiger partial charge on any atom is 0.330 e. The molecular weight excluding hydrogens is 300 g/mol. The van der Waals surface area contributed by atoms with Gasteiger partial charge in [-0.15, -0.1) is 0 Å². The molecule has 1 N–H and O–H groups in total. The first-order valence-electron chi connectivity index (χ1n) is 7.76. The summed E-state index contributed by atoms with van der Waals surface area (Å²) in [5.74, 6) is -0.254. The second-order valence-electron chi connectivity index (χ2n) is 6.34. The summed E-state index contributed by atoms with van der Waals surface area (Å²) in [6, 6.07) is 0.832. The molecule has 2 heterocycles. The van der Waals surface area contributed by atoms with Gasteiger partial charge in [0, 0.05) is 25.9 Å². The van der Waals surface area contributed by atoms with Crippen LogP contribution in [-0.4, -0.2) is 31.5 Å². The van der Waals surface area contributed by atoms with Gasteiger partial charge in [0.1, 0.15) is 5.54 Å². The normalized spacial score (nSPS) is 20.2. The van der Waals surface area contributed by atoms with Crippen molar-refractivity contribution < 1.29 is 9.59 Å². The molecule has 8 heteroatoms. The number of hydrogen-bond acceptors (Lipinski definition) is 4. The average Bonchev–Trinajstić information content (AvgIpc) is 2.75. The predicted octanol–water partition coefficient (Wildman–Crippen LogP) is -0.161. The Labute approximate surface area is 132 Å². The van der Waals surface area contributed by atoms with Crippen molar-refractivity contribution in [3.8, 4) is 0 Å². The molecular formula is C15H20N4O4. The van der Waals surface area contributed by atoms with Gasteiger partial charge in [0.25, 0.3) is 11.5 Å². The molecule has 1 spiro atoms. The summed E-state index contributed by atoms with van der Waals surface area (Å²) in [7, 11) is 2.91. The molecule has 2 aliphatic rings. The third-order valence-electron chi connectivity index (χ3n) is 4.90. The smallest absolute Gasteiger partial charge is 0.323 e. The van der Waals surface area contributed by atoms with Crippen LogP contribution in [0.3, 0.4) is 0 Å². The Morgan fingerprint density at radius 1 is 1.04 bits per heavy atom. The van der Waals surface area contributed by atoms with Crippen LogP contribution in [0.1, 0.15) is 37.8 Å². The van der Waals surface area contributed by atoms with Gasteiger partial charge in [-0.2, -0.15) is 0 Å². The Kier molecular flexibility index (Phi) is 3.62. The van der Waals surface area contributed by atoms with Gasteiger partial charge in [0.2, 0.25) is 0 Å². The molecule has 1 aliphatic heterocycles. The Bertz CT molecular complexity index is 786. The van der Waals surface area contributed by atoms with Crippen molar-refractivity contribution in [2.24, 2.45) is 14.1 Å². The fraction of sp³-hybridized carbons (Fsp3) is 0.600. The van der Waals surface area contributed by atoms with Gasteiger partial charge in [-0.05, 0) is 12.8 Å². The third kappa shape index (κ3) is 2.38. The van der Waals surface area contributed by atoms with Crippen LogP contribution in [0.25, 0.3) is 0 Å². The monoisotopic (exact) mass is 320 g/mol. The highest BCUT2D eigenvalue weighted by molar-refractivity contribution is 6.07. The zero-order chi connectivity index (χ0) is 16.8. The van der Waals surface area contributed by atoms with E-state index in [9.17, 15) is 19.2 Å². The van der Waals surface area contributed by atoms with Gasteiger partial charge in [-0.3, -0.25) is 23.6 Å². The molecule has 1 saturated heterocycles. The van der Waals surface area contributed by atoms with Gasteiger partial charge >= 0.3 is 11.7 Å². The SMILES string of the molecule is Cn1c(CN2C(=O)NC3(CCCCC3)C2=O)cc(=O)n(C)c1=O. The van der Waals surface area contributed by atoms with E-state index in [2.05, 4.69) is 5.32 Å². The van der Waals surface area contributed by atoms with E-state index in [-0.39, 0.29) is 12.5 Å². The fourth-order valence-electron chi connectivity index (χ4n) is 3.41. The molecule has 0 unspecified atom stereocenters. The topological polar surface area (TPSA) is 93.4 Å². The predicted molar refractivity (Wildman–Crippen MR) is 81.8 cm³/mol. The summed E-state index contributed by atoms with van der Waals surface area (Å²) < 4.78 is 2.27. The molecule has 0 radical (unpaired) electrons. The summed E-state index contributed by atoms with van der Waals surface area (Å²) in [5.41, 5.74) is -1.39. The summed E-state index contributed by atoms with van der Waals surface area (Å²) in [5, 5.41) is 2.82. The minimum atomic E-state index is -0.798. The van der Waals surface area contributed by atoms with E-state index in [1.54, 1.807) is 0 Å². The first-order valence-corrected chi connectivity index (χ1v) is 7.76. The molecule has 3 amide bonds. The molecule has 1 aromatic rings. The minimum Gasteiger partial charge on any atom is -0.323 e. The fourth-order valence-corrected chi connectivity index (χ4v) is 3.41.